The zero-order valence-corrected chi connectivity index (χ0v) is 11.3. The van der Waals surface area contributed by atoms with Gasteiger partial charge < -0.3 is 9.84 Å². The van der Waals surface area contributed by atoms with Gasteiger partial charge in [-0.15, -0.1) is 0 Å². The van der Waals surface area contributed by atoms with Crippen LogP contribution in [0.1, 0.15) is 60.3 Å². The van der Waals surface area contributed by atoms with E-state index >= 15 is 0 Å². The average molecular weight is 230 g/mol. The van der Waals surface area contributed by atoms with Crippen molar-refractivity contribution >= 4 is 5.97 Å². The van der Waals surface area contributed by atoms with E-state index in [1.54, 1.807) is 0 Å². The van der Waals surface area contributed by atoms with E-state index in [2.05, 4.69) is 20.8 Å². The third kappa shape index (κ3) is 7.69. The molecule has 0 fully saturated rings. The maximum atomic E-state index is 10.5. The minimum atomic E-state index is -0.759. The Morgan fingerprint density at radius 3 is 2.19 bits per heavy atom. The first-order chi connectivity index (χ1) is 7.18. The zero-order valence-electron chi connectivity index (χ0n) is 11.3. The second kappa shape index (κ2) is 6.24. The van der Waals surface area contributed by atoms with Gasteiger partial charge in [-0.3, -0.25) is 4.79 Å². The molecule has 0 spiro atoms. The number of carboxylic acid groups (broad SMARTS) is 1. The van der Waals surface area contributed by atoms with E-state index in [4.69, 9.17) is 9.84 Å². The lowest BCUT2D eigenvalue weighted by Gasteiger charge is -2.28. The molecule has 3 nitrogen and oxygen atoms in total. The fourth-order valence-electron chi connectivity index (χ4n) is 1.26. The summed E-state index contributed by atoms with van der Waals surface area (Å²) in [6.45, 7) is 11.2. The largest absolute Gasteiger partial charge is 0.481 e. The summed E-state index contributed by atoms with van der Waals surface area (Å²) in [5, 5.41) is 8.61. The summed E-state index contributed by atoms with van der Waals surface area (Å²) in [7, 11) is 0. The molecule has 0 amide bonds. The topological polar surface area (TPSA) is 46.5 Å². The number of hydrogen-bond acceptors (Lipinski definition) is 2. The molecule has 0 rings (SSSR count). The molecule has 0 aromatic heterocycles. The van der Waals surface area contributed by atoms with E-state index in [0.29, 0.717) is 18.4 Å². The second-order valence-electron chi connectivity index (χ2n) is 5.77. The lowest BCUT2D eigenvalue weighted by Crippen LogP contribution is -2.27. The minimum absolute atomic E-state index is 0.171. The molecule has 16 heavy (non-hydrogen) atoms. The highest BCUT2D eigenvalue weighted by Gasteiger charge is 2.21. The number of aliphatic carboxylic acids is 1. The molecular formula is C13H26O3. The van der Waals surface area contributed by atoms with Gasteiger partial charge in [0, 0.05) is 13.0 Å². The molecule has 0 heterocycles. The molecule has 0 unspecified atom stereocenters. The van der Waals surface area contributed by atoms with Crippen molar-refractivity contribution in [1.82, 2.24) is 0 Å². The van der Waals surface area contributed by atoms with Crippen LogP contribution in [-0.2, 0) is 9.53 Å². The molecule has 0 aromatic rings. The van der Waals surface area contributed by atoms with Crippen molar-refractivity contribution < 1.29 is 14.6 Å². The Kier molecular flexibility index (Phi) is 6.01. The summed E-state index contributed by atoms with van der Waals surface area (Å²) in [4.78, 5) is 10.5. The number of rotatable bonds is 8. The zero-order chi connectivity index (χ0) is 12.8. The highest BCUT2D eigenvalue weighted by Crippen LogP contribution is 2.26. The number of carbonyl (C=O) groups is 1. The number of carboxylic acids is 1. The third-order valence-electron chi connectivity index (χ3n) is 3.17. The fourth-order valence-corrected chi connectivity index (χ4v) is 1.26. The standard InChI is InChI=1S/C13H26O3/c1-6-12(2,3)9-10-16-13(4,5)8-7-11(14)15/h6-10H2,1-5H3,(H,14,15). The van der Waals surface area contributed by atoms with Crippen LogP contribution in [0.15, 0.2) is 0 Å². The van der Waals surface area contributed by atoms with Crippen LogP contribution >= 0.6 is 0 Å². The lowest BCUT2D eigenvalue weighted by molar-refractivity contribution is -0.139. The third-order valence-corrected chi connectivity index (χ3v) is 3.17. The second-order valence-corrected chi connectivity index (χ2v) is 5.77. The van der Waals surface area contributed by atoms with E-state index in [9.17, 15) is 4.79 Å². The van der Waals surface area contributed by atoms with Gasteiger partial charge in [0.15, 0.2) is 0 Å². The maximum Gasteiger partial charge on any atom is 0.303 e. The molecule has 0 aliphatic heterocycles. The summed E-state index contributed by atoms with van der Waals surface area (Å²) in [6, 6.07) is 0. The van der Waals surface area contributed by atoms with Crippen LogP contribution in [0.25, 0.3) is 0 Å². The van der Waals surface area contributed by atoms with Crippen molar-refractivity contribution in [3.05, 3.63) is 0 Å². The molecule has 3 heteroatoms. The van der Waals surface area contributed by atoms with Crippen molar-refractivity contribution in [2.24, 2.45) is 5.41 Å². The van der Waals surface area contributed by atoms with Crippen LogP contribution in [0.5, 0.6) is 0 Å². The first-order valence-electron chi connectivity index (χ1n) is 6.04. The van der Waals surface area contributed by atoms with Crippen molar-refractivity contribution in [3.8, 4) is 0 Å². The normalized spacial score (nSPS) is 12.8. The predicted octanol–water partition coefficient (Wildman–Crippen LogP) is 3.47. The minimum Gasteiger partial charge on any atom is -0.481 e. The van der Waals surface area contributed by atoms with Crippen molar-refractivity contribution in [2.75, 3.05) is 6.61 Å². The first kappa shape index (κ1) is 15.4. The van der Waals surface area contributed by atoms with Gasteiger partial charge in [0.1, 0.15) is 0 Å². The van der Waals surface area contributed by atoms with Crippen molar-refractivity contribution in [1.29, 1.82) is 0 Å². The monoisotopic (exact) mass is 230 g/mol. The molecule has 0 saturated carbocycles. The van der Waals surface area contributed by atoms with Gasteiger partial charge in [-0.2, -0.15) is 0 Å². The number of ether oxygens (including phenoxy) is 1. The van der Waals surface area contributed by atoms with Crippen molar-refractivity contribution in [2.45, 2.75) is 65.9 Å². The molecule has 0 saturated heterocycles. The smallest absolute Gasteiger partial charge is 0.303 e. The highest BCUT2D eigenvalue weighted by atomic mass is 16.5. The SMILES string of the molecule is CCC(C)(C)CCOC(C)(C)CCC(=O)O. The van der Waals surface area contributed by atoms with E-state index in [1.807, 2.05) is 13.8 Å². The van der Waals surface area contributed by atoms with Crippen LogP contribution in [0.3, 0.4) is 0 Å². The van der Waals surface area contributed by atoms with Crippen molar-refractivity contribution in [3.63, 3.8) is 0 Å². The van der Waals surface area contributed by atoms with E-state index in [-0.39, 0.29) is 12.0 Å². The molecule has 1 N–H and O–H groups in total. The molecular weight excluding hydrogens is 204 g/mol. The molecule has 0 bridgehead atoms. The molecule has 0 atom stereocenters. The highest BCUT2D eigenvalue weighted by molar-refractivity contribution is 5.66. The molecule has 96 valence electrons. The van der Waals surface area contributed by atoms with E-state index in [0.717, 1.165) is 12.8 Å². The Balaban J connectivity index is 3.86. The van der Waals surface area contributed by atoms with Gasteiger partial charge in [-0.25, -0.2) is 0 Å². The summed E-state index contributed by atoms with van der Waals surface area (Å²) in [5.74, 6) is -0.759. The molecule has 0 radical (unpaired) electrons. The predicted molar refractivity (Wildman–Crippen MR) is 65.6 cm³/mol. The van der Waals surface area contributed by atoms with Crippen LogP contribution in [-0.4, -0.2) is 23.3 Å². The first-order valence-corrected chi connectivity index (χ1v) is 6.04. The Hall–Kier alpha value is -0.570. The van der Waals surface area contributed by atoms with Gasteiger partial charge >= 0.3 is 5.97 Å². The fraction of sp³-hybridized carbons (Fsp3) is 0.923. The Labute approximate surface area is 99.2 Å². The van der Waals surface area contributed by atoms with Gasteiger partial charge in [0.25, 0.3) is 0 Å². The summed E-state index contributed by atoms with van der Waals surface area (Å²) >= 11 is 0. The Morgan fingerprint density at radius 1 is 1.19 bits per heavy atom. The van der Waals surface area contributed by atoms with Gasteiger partial charge in [0.05, 0.1) is 5.60 Å². The summed E-state index contributed by atoms with van der Waals surface area (Å²) < 4.78 is 5.75. The van der Waals surface area contributed by atoms with Crippen LogP contribution < -0.4 is 0 Å². The number of hydrogen-bond donors (Lipinski definition) is 1. The molecule has 0 aliphatic rings. The molecule has 0 aliphatic carbocycles. The van der Waals surface area contributed by atoms with E-state index in [1.165, 1.54) is 0 Å². The maximum absolute atomic E-state index is 10.5. The van der Waals surface area contributed by atoms with Gasteiger partial charge in [-0.1, -0.05) is 27.2 Å². The van der Waals surface area contributed by atoms with Crippen LogP contribution in [0, 0.1) is 5.41 Å². The average Bonchev–Trinajstić information content (AvgIpc) is 2.14. The molecule has 0 aromatic carbocycles. The van der Waals surface area contributed by atoms with Gasteiger partial charge in [0.2, 0.25) is 0 Å². The van der Waals surface area contributed by atoms with E-state index < -0.39 is 5.97 Å². The quantitative estimate of drug-likeness (QED) is 0.694. The van der Waals surface area contributed by atoms with Crippen LogP contribution in [0.2, 0.25) is 0 Å². The lowest BCUT2D eigenvalue weighted by atomic mass is 9.87. The summed E-state index contributed by atoms with van der Waals surface area (Å²) in [5.41, 5.74) is -0.0227. The summed E-state index contributed by atoms with van der Waals surface area (Å²) in [6.07, 6.45) is 2.88. The van der Waals surface area contributed by atoms with Gasteiger partial charge in [-0.05, 0) is 32.1 Å². The Bertz CT molecular complexity index is 219. The Morgan fingerprint density at radius 2 is 1.75 bits per heavy atom. The van der Waals surface area contributed by atoms with Crippen LogP contribution in [0.4, 0.5) is 0 Å².